The Morgan fingerprint density at radius 2 is 2.21 bits per heavy atom. The Bertz CT molecular complexity index is 954. The van der Waals surface area contributed by atoms with Crippen LogP contribution < -0.4 is 16.7 Å². The quantitative estimate of drug-likeness (QED) is 0.321. The second-order valence-corrected chi connectivity index (χ2v) is 6.59. The highest BCUT2D eigenvalue weighted by Crippen LogP contribution is 2.29. The van der Waals surface area contributed by atoms with Gasteiger partial charge in [0, 0.05) is 12.8 Å². The number of anilines is 1. The van der Waals surface area contributed by atoms with Gasteiger partial charge in [0.25, 0.3) is 0 Å². The van der Waals surface area contributed by atoms with Gasteiger partial charge in [0.2, 0.25) is 5.95 Å². The van der Waals surface area contributed by atoms with Crippen molar-refractivity contribution in [1.82, 2.24) is 15.4 Å². The molecule has 1 aromatic heterocycles. The number of nitrogen functional groups attached to an aromatic ring is 1. The van der Waals surface area contributed by atoms with Crippen molar-refractivity contribution in [2.75, 3.05) is 19.5 Å². The Labute approximate surface area is 169 Å². The molecule has 2 radical (unpaired) electrons. The van der Waals surface area contributed by atoms with E-state index in [2.05, 4.69) is 25.2 Å². The van der Waals surface area contributed by atoms with E-state index in [9.17, 15) is 9.18 Å². The summed E-state index contributed by atoms with van der Waals surface area (Å²) in [6.45, 7) is 2.07. The lowest BCUT2D eigenvalue weighted by Crippen LogP contribution is -2.33. The molecule has 0 spiro atoms. The Kier molecular flexibility index (Phi) is 6.43. The molecule has 0 amide bonds. The average Bonchev–Trinajstić information content (AvgIpc) is 2.66. The summed E-state index contributed by atoms with van der Waals surface area (Å²) in [5.74, 6) is -0.135. The molecule has 150 valence electrons. The molecular formula is C19H21BFN5O3. The molecule has 0 bridgehead atoms. The fourth-order valence-electron chi connectivity index (χ4n) is 3.18. The molecule has 1 aliphatic rings. The van der Waals surface area contributed by atoms with Crippen LogP contribution in [0.1, 0.15) is 41.4 Å². The van der Waals surface area contributed by atoms with Gasteiger partial charge in [-0.3, -0.25) is 14.6 Å². The van der Waals surface area contributed by atoms with Crippen LogP contribution in [-0.2, 0) is 20.8 Å². The number of carbonyl (C=O) groups excluding carboxylic acids is 1. The number of hydrogen-bond donors (Lipinski definition) is 2. The minimum Gasteiger partial charge on any atom is -0.469 e. The molecule has 0 saturated carbocycles. The van der Waals surface area contributed by atoms with Crippen molar-refractivity contribution in [2.24, 2.45) is 4.99 Å². The summed E-state index contributed by atoms with van der Waals surface area (Å²) in [5, 5.41) is 0. The number of ether oxygens (including phenoxy) is 1. The number of hydroxylamine groups is 1. The summed E-state index contributed by atoms with van der Waals surface area (Å²) in [6.07, 6.45) is 1.16. The van der Waals surface area contributed by atoms with Gasteiger partial charge in [-0.25, -0.2) is 19.8 Å². The maximum absolute atomic E-state index is 13.4. The Balaban J connectivity index is 1.84. The minimum atomic E-state index is -0.416. The summed E-state index contributed by atoms with van der Waals surface area (Å²) >= 11 is 0. The summed E-state index contributed by atoms with van der Waals surface area (Å²) < 4.78 is 18.0. The van der Waals surface area contributed by atoms with Crippen LogP contribution in [0.2, 0.25) is 0 Å². The summed E-state index contributed by atoms with van der Waals surface area (Å²) in [4.78, 5) is 29.9. The zero-order chi connectivity index (χ0) is 21.0. The highest BCUT2D eigenvalue weighted by molar-refractivity contribution is 6.33. The molecule has 0 unspecified atom stereocenters. The number of aromatic nitrogens is 2. The lowest BCUT2D eigenvalue weighted by molar-refractivity contribution is -0.141. The van der Waals surface area contributed by atoms with Gasteiger partial charge in [-0.1, -0.05) is 11.5 Å². The van der Waals surface area contributed by atoms with Crippen molar-refractivity contribution < 1.29 is 18.8 Å². The first-order chi connectivity index (χ1) is 13.9. The first-order valence-corrected chi connectivity index (χ1v) is 9.09. The number of methoxy groups -OCH3 is 1. The highest BCUT2D eigenvalue weighted by atomic mass is 19.1. The van der Waals surface area contributed by atoms with Gasteiger partial charge in [-0.2, -0.15) is 0 Å². The predicted octanol–water partition coefficient (Wildman–Crippen LogP) is 0.819. The Hall–Kier alpha value is -3.01. The number of nitrogens with zero attached hydrogens (tertiary/aromatic N) is 3. The number of hydrogen-bond acceptors (Lipinski definition) is 8. The van der Waals surface area contributed by atoms with Crippen molar-refractivity contribution in [2.45, 2.75) is 32.2 Å². The van der Waals surface area contributed by atoms with Crippen LogP contribution in [0.4, 0.5) is 10.3 Å². The number of aliphatic imine (C=N–C) groups is 1. The van der Waals surface area contributed by atoms with Crippen LogP contribution in [0.25, 0.3) is 0 Å². The zero-order valence-corrected chi connectivity index (χ0v) is 16.2. The summed E-state index contributed by atoms with van der Waals surface area (Å²) in [7, 11) is 7.33. The fraction of sp³-hybridized carbons (Fsp3) is 0.368. The molecule has 1 atom stereocenters. The first kappa shape index (κ1) is 20.7. The van der Waals surface area contributed by atoms with Gasteiger partial charge in [-0.15, -0.1) is 0 Å². The third-order valence-corrected chi connectivity index (χ3v) is 4.52. The summed E-state index contributed by atoms with van der Waals surface area (Å²) in [5.41, 5.74) is 11.7. The minimum absolute atomic E-state index is 0.160. The molecule has 3 N–H and O–H groups in total. The number of carbonyl (C=O) groups is 1. The van der Waals surface area contributed by atoms with Gasteiger partial charge < -0.3 is 10.5 Å². The number of fused-ring (bicyclic) bond motifs is 1. The second-order valence-electron chi connectivity index (χ2n) is 6.59. The summed E-state index contributed by atoms with van der Waals surface area (Å²) in [6, 6.07) is 3.82. The van der Waals surface area contributed by atoms with E-state index in [1.165, 1.54) is 19.2 Å². The standard InChI is InChI=1S/C19H21BFN5O3/c1-10-17-15(25-19(22)23-10)9-14(12-6-5-11(21)8-13(12)20)24-18(17)26-29-7-3-4-16(27)28-2/h5-6,8,14H,3-4,7,9H2,1-2H3,(H,24,26)(H2,22,23,25)/t14-/m1/s1. The van der Waals surface area contributed by atoms with E-state index in [1.54, 1.807) is 13.0 Å². The molecular weight excluding hydrogens is 376 g/mol. The van der Waals surface area contributed by atoms with Crippen LogP contribution in [0, 0.1) is 12.7 Å². The van der Waals surface area contributed by atoms with Crippen LogP contribution >= 0.6 is 0 Å². The Morgan fingerprint density at radius 1 is 1.41 bits per heavy atom. The number of rotatable bonds is 6. The lowest BCUT2D eigenvalue weighted by atomic mass is 9.84. The smallest absolute Gasteiger partial charge is 0.305 e. The van der Waals surface area contributed by atoms with Crippen LogP contribution in [0.15, 0.2) is 23.2 Å². The van der Waals surface area contributed by atoms with E-state index in [-0.39, 0.29) is 24.9 Å². The van der Waals surface area contributed by atoms with Crippen LogP contribution in [0.3, 0.4) is 0 Å². The SMILES string of the molecule is [B]c1cc(F)ccc1[C@H]1Cc2nc(N)nc(C)c2C(NOCCCC(=O)OC)=N1. The van der Waals surface area contributed by atoms with Crippen molar-refractivity contribution in [1.29, 1.82) is 0 Å². The predicted molar refractivity (Wildman–Crippen MR) is 106 cm³/mol. The lowest BCUT2D eigenvalue weighted by Gasteiger charge is -2.25. The molecule has 0 aliphatic carbocycles. The number of nitrogens with two attached hydrogens (primary N) is 1. The number of amidine groups is 1. The maximum atomic E-state index is 13.4. The molecule has 10 heteroatoms. The molecule has 0 saturated heterocycles. The van der Waals surface area contributed by atoms with Crippen LogP contribution in [-0.4, -0.2) is 43.3 Å². The molecule has 2 aromatic rings. The molecule has 3 rings (SSSR count). The number of aryl methyl sites for hydroxylation is 1. The molecule has 8 nitrogen and oxygen atoms in total. The third-order valence-electron chi connectivity index (χ3n) is 4.52. The monoisotopic (exact) mass is 397 g/mol. The number of nitrogens with one attached hydrogen (secondary N) is 1. The molecule has 1 aromatic carbocycles. The second kappa shape index (κ2) is 9.00. The van der Waals surface area contributed by atoms with E-state index in [4.69, 9.17) is 18.4 Å². The molecule has 29 heavy (non-hydrogen) atoms. The van der Waals surface area contributed by atoms with E-state index in [0.717, 1.165) is 0 Å². The molecule has 2 heterocycles. The van der Waals surface area contributed by atoms with E-state index in [1.807, 2.05) is 0 Å². The van der Waals surface area contributed by atoms with Crippen molar-refractivity contribution >= 4 is 31.1 Å². The van der Waals surface area contributed by atoms with Crippen molar-refractivity contribution in [3.05, 3.63) is 46.5 Å². The van der Waals surface area contributed by atoms with Gasteiger partial charge in [0.05, 0.1) is 36.7 Å². The van der Waals surface area contributed by atoms with Gasteiger partial charge in [0.1, 0.15) is 13.7 Å². The normalized spacial score (nSPS) is 15.4. The van der Waals surface area contributed by atoms with Crippen LogP contribution in [0.5, 0.6) is 0 Å². The average molecular weight is 397 g/mol. The van der Waals surface area contributed by atoms with Gasteiger partial charge >= 0.3 is 5.97 Å². The van der Waals surface area contributed by atoms with Gasteiger partial charge in [-0.05, 0) is 31.0 Å². The van der Waals surface area contributed by atoms with E-state index in [0.29, 0.717) is 46.7 Å². The fourth-order valence-corrected chi connectivity index (χ4v) is 3.18. The van der Waals surface area contributed by atoms with E-state index < -0.39 is 11.9 Å². The van der Waals surface area contributed by atoms with E-state index >= 15 is 0 Å². The number of halogens is 1. The third kappa shape index (κ3) is 4.89. The number of benzene rings is 1. The van der Waals surface area contributed by atoms with Gasteiger partial charge in [0.15, 0.2) is 5.84 Å². The zero-order valence-electron chi connectivity index (χ0n) is 16.2. The molecule has 1 aliphatic heterocycles. The van der Waals surface area contributed by atoms with Crippen molar-refractivity contribution in [3.8, 4) is 0 Å². The largest absolute Gasteiger partial charge is 0.469 e. The number of esters is 1. The maximum Gasteiger partial charge on any atom is 0.305 e. The highest BCUT2D eigenvalue weighted by Gasteiger charge is 2.27. The Morgan fingerprint density at radius 3 is 2.93 bits per heavy atom. The first-order valence-electron chi connectivity index (χ1n) is 9.09. The topological polar surface area (TPSA) is 112 Å². The molecule has 0 fully saturated rings. The van der Waals surface area contributed by atoms with Crippen molar-refractivity contribution in [3.63, 3.8) is 0 Å².